The number of thiophene rings is 1. The summed E-state index contributed by atoms with van der Waals surface area (Å²) in [5.41, 5.74) is 0. The lowest BCUT2D eigenvalue weighted by Crippen LogP contribution is -2.54. The second kappa shape index (κ2) is 9.73. The third-order valence-corrected chi connectivity index (χ3v) is 5.11. The van der Waals surface area contributed by atoms with E-state index in [9.17, 15) is 4.79 Å². The van der Waals surface area contributed by atoms with Gasteiger partial charge >= 0.3 is 0 Å². The molecule has 1 aromatic rings. The molecule has 4 nitrogen and oxygen atoms in total. The molecule has 0 unspecified atom stereocenters. The van der Waals surface area contributed by atoms with Gasteiger partial charge in [0, 0.05) is 37.6 Å². The monoisotopic (exact) mass is 365 g/mol. The molecule has 1 N–H and O–H groups in total. The predicted molar refractivity (Wildman–Crippen MR) is 96.3 cm³/mol. The Kier molecular flexibility index (Phi) is 8.72. The maximum atomic E-state index is 12.4. The highest BCUT2D eigenvalue weighted by Gasteiger charge is 2.28. The Balaban J connectivity index is 0.00000121. The first kappa shape index (κ1) is 19.7. The largest absolute Gasteiger partial charge is 0.339 e. The predicted octanol–water partition coefficient (Wildman–Crippen LogP) is 2.38. The lowest BCUT2D eigenvalue weighted by Gasteiger charge is -2.37. The number of hydrogen-bond acceptors (Lipinski definition) is 4. The van der Waals surface area contributed by atoms with Crippen molar-refractivity contribution in [2.45, 2.75) is 31.8 Å². The lowest BCUT2D eigenvalue weighted by atomic mass is 10.0. The number of piperazine rings is 1. The Morgan fingerprint density at radius 2 is 2.00 bits per heavy atom. The van der Waals surface area contributed by atoms with Crippen LogP contribution in [0.4, 0.5) is 0 Å². The SMILES string of the molecule is Cl.Cl.O=C([C@H]1CCCCN1)N1CCN(Cc2cccs2)CC1. The van der Waals surface area contributed by atoms with Gasteiger partial charge in [0.2, 0.25) is 5.91 Å². The summed E-state index contributed by atoms with van der Waals surface area (Å²) in [7, 11) is 0. The van der Waals surface area contributed by atoms with E-state index in [2.05, 4.69) is 27.7 Å². The third-order valence-electron chi connectivity index (χ3n) is 4.25. The van der Waals surface area contributed by atoms with Gasteiger partial charge in [0.15, 0.2) is 0 Å². The fourth-order valence-corrected chi connectivity index (χ4v) is 3.78. The molecule has 0 aromatic carbocycles. The molecule has 1 amide bonds. The third kappa shape index (κ3) is 5.10. The molecule has 126 valence electrons. The first-order valence-corrected chi connectivity index (χ1v) is 8.48. The molecule has 0 spiro atoms. The van der Waals surface area contributed by atoms with Gasteiger partial charge in [-0.05, 0) is 30.8 Å². The summed E-state index contributed by atoms with van der Waals surface area (Å²) in [4.78, 5) is 18.3. The minimum Gasteiger partial charge on any atom is -0.339 e. The van der Waals surface area contributed by atoms with Crippen molar-refractivity contribution in [2.24, 2.45) is 0 Å². The molecule has 1 aromatic heterocycles. The Hall–Kier alpha value is -0.330. The molecule has 0 aliphatic carbocycles. The van der Waals surface area contributed by atoms with Gasteiger partial charge in [-0.15, -0.1) is 36.2 Å². The quantitative estimate of drug-likeness (QED) is 0.892. The van der Waals surface area contributed by atoms with E-state index in [-0.39, 0.29) is 30.9 Å². The molecule has 2 saturated heterocycles. The Morgan fingerprint density at radius 3 is 2.59 bits per heavy atom. The number of nitrogens with one attached hydrogen (secondary N) is 1. The van der Waals surface area contributed by atoms with E-state index < -0.39 is 0 Å². The number of carbonyl (C=O) groups excluding carboxylic acids is 1. The molecule has 22 heavy (non-hydrogen) atoms. The van der Waals surface area contributed by atoms with E-state index in [4.69, 9.17) is 0 Å². The fourth-order valence-electron chi connectivity index (χ4n) is 3.03. The van der Waals surface area contributed by atoms with E-state index in [1.165, 1.54) is 17.7 Å². The standard InChI is InChI=1S/C15H23N3OS.2ClH/c19-15(14-5-1-2-6-16-14)18-9-7-17(8-10-18)12-13-4-3-11-20-13;;/h3-4,11,14,16H,1-2,5-10,12H2;2*1H/t14-;;/m1../s1. The Morgan fingerprint density at radius 1 is 1.23 bits per heavy atom. The van der Waals surface area contributed by atoms with E-state index in [1.807, 2.05) is 16.2 Å². The lowest BCUT2D eigenvalue weighted by molar-refractivity contribution is -0.135. The molecule has 1 atom stereocenters. The van der Waals surface area contributed by atoms with Crippen LogP contribution in [0, 0.1) is 0 Å². The highest BCUT2D eigenvalue weighted by Crippen LogP contribution is 2.15. The van der Waals surface area contributed by atoms with E-state index in [1.54, 1.807) is 0 Å². The van der Waals surface area contributed by atoms with Gasteiger partial charge in [-0.25, -0.2) is 0 Å². The van der Waals surface area contributed by atoms with Crippen molar-refractivity contribution < 1.29 is 4.79 Å². The zero-order valence-corrected chi connectivity index (χ0v) is 15.2. The molecule has 3 heterocycles. The molecule has 0 radical (unpaired) electrons. The van der Waals surface area contributed by atoms with E-state index in [0.29, 0.717) is 5.91 Å². The topological polar surface area (TPSA) is 35.6 Å². The zero-order valence-electron chi connectivity index (χ0n) is 12.7. The van der Waals surface area contributed by atoms with Crippen molar-refractivity contribution in [3.63, 3.8) is 0 Å². The van der Waals surface area contributed by atoms with Gasteiger partial charge in [-0.2, -0.15) is 0 Å². The van der Waals surface area contributed by atoms with Gasteiger partial charge in [0.1, 0.15) is 0 Å². The molecule has 2 aliphatic rings. The summed E-state index contributed by atoms with van der Waals surface area (Å²) in [5.74, 6) is 0.320. The van der Waals surface area contributed by atoms with Crippen LogP contribution in [-0.4, -0.2) is 54.5 Å². The average Bonchev–Trinajstić information content (AvgIpc) is 3.01. The van der Waals surface area contributed by atoms with Gasteiger partial charge in [0.05, 0.1) is 6.04 Å². The summed E-state index contributed by atoms with van der Waals surface area (Å²) >= 11 is 1.81. The fraction of sp³-hybridized carbons (Fsp3) is 0.667. The van der Waals surface area contributed by atoms with Crippen LogP contribution < -0.4 is 5.32 Å². The molecule has 0 bridgehead atoms. The zero-order chi connectivity index (χ0) is 13.8. The minimum absolute atomic E-state index is 0. The van der Waals surface area contributed by atoms with Crippen molar-refractivity contribution in [1.29, 1.82) is 0 Å². The maximum absolute atomic E-state index is 12.4. The van der Waals surface area contributed by atoms with E-state index in [0.717, 1.165) is 45.7 Å². The van der Waals surface area contributed by atoms with Crippen LogP contribution in [0.15, 0.2) is 17.5 Å². The summed E-state index contributed by atoms with van der Waals surface area (Å²) < 4.78 is 0. The van der Waals surface area contributed by atoms with Gasteiger partial charge in [0.25, 0.3) is 0 Å². The first-order chi connectivity index (χ1) is 9.83. The number of piperidine rings is 1. The second-order valence-corrected chi connectivity index (χ2v) is 6.72. The van der Waals surface area contributed by atoms with Gasteiger partial charge < -0.3 is 10.2 Å². The molecular formula is C15H25Cl2N3OS. The summed E-state index contributed by atoms with van der Waals surface area (Å²) in [6.45, 7) is 5.77. The highest BCUT2D eigenvalue weighted by atomic mass is 35.5. The normalized spacial score (nSPS) is 22.5. The average molecular weight is 366 g/mol. The number of carbonyl (C=O) groups is 1. The molecule has 2 fully saturated rings. The van der Waals surface area contributed by atoms with E-state index >= 15 is 0 Å². The van der Waals surface area contributed by atoms with Crippen molar-refractivity contribution in [3.8, 4) is 0 Å². The van der Waals surface area contributed by atoms with Crippen LogP contribution >= 0.6 is 36.2 Å². The Labute approximate surface area is 149 Å². The van der Waals surface area contributed by atoms with Crippen molar-refractivity contribution in [1.82, 2.24) is 15.1 Å². The molecule has 7 heteroatoms. The number of hydrogen-bond donors (Lipinski definition) is 1. The molecule has 3 rings (SSSR count). The summed E-state index contributed by atoms with van der Waals surface area (Å²) in [6, 6.07) is 4.37. The number of amides is 1. The second-order valence-electron chi connectivity index (χ2n) is 5.68. The highest BCUT2D eigenvalue weighted by molar-refractivity contribution is 7.09. The smallest absolute Gasteiger partial charge is 0.239 e. The van der Waals surface area contributed by atoms with Gasteiger partial charge in [-0.3, -0.25) is 9.69 Å². The first-order valence-electron chi connectivity index (χ1n) is 7.60. The number of halogens is 2. The minimum atomic E-state index is 0. The maximum Gasteiger partial charge on any atom is 0.239 e. The Bertz CT molecular complexity index is 430. The molecular weight excluding hydrogens is 341 g/mol. The van der Waals surface area contributed by atoms with Gasteiger partial charge in [-0.1, -0.05) is 12.5 Å². The van der Waals surface area contributed by atoms with Crippen LogP contribution in [0.3, 0.4) is 0 Å². The van der Waals surface area contributed by atoms with Crippen LogP contribution in [0.1, 0.15) is 24.1 Å². The van der Waals surface area contributed by atoms with Crippen LogP contribution in [0.5, 0.6) is 0 Å². The summed E-state index contributed by atoms with van der Waals surface area (Å²) in [5, 5.41) is 5.49. The van der Waals surface area contributed by atoms with Crippen LogP contribution in [0.25, 0.3) is 0 Å². The molecule has 2 aliphatic heterocycles. The number of nitrogens with zero attached hydrogens (tertiary/aromatic N) is 2. The van der Waals surface area contributed by atoms with Crippen molar-refractivity contribution in [2.75, 3.05) is 32.7 Å². The van der Waals surface area contributed by atoms with Crippen molar-refractivity contribution >= 4 is 42.1 Å². The summed E-state index contributed by atoms with van der Waals surface area (Å²) in [6.07, 6.45) is 3.40. The molecule has 0 saturated carbocycles. The van der Waals surface area contributed by atoms with Crippen molar-refractivity contribution in [3.05, 3.63) is 22.4 Å². The number of rotatable bonds is 3. The van der Waals surface area contributed by atoms with Crippen LogP contribution in [0.2, 0.25) is 0 Å². The van der Waals surface area contributed by atoms with Crippen LogP contribution in [-0.2, 0) is 11.3 Å².